The molecule has 4 rings (SSSR count). The number of aromatic nitrogens is 1. The van der Waals surface area contributed by atoms with Gasteiger partial charge in [-0.1, -0.05) is 30.0 Å². The van der Waals surface area contributed by atoms with Crippen LogP contribution in [0.15, 0.2) is 58.3 Å². The minimum absolute atomic E-state index is 0.115. The average Bonchev–Trinajstić information content (AvgIpc) is 3.50. The van der Waals surface area contributed by atoms with Crippen molar-refractivity contribution < 1.29 is 9.59 Å². The summed E-state index contributed by atoms with van der Waals surface area (Å²) in [7, 11) is 0. The van der Waals surface area contributed by atoms with Gasteiger partial charge in [0.05, 0.1) is 0 Å². The number of aryl methyl sites for hydroxylation is 1. The first-order valence-electron chi connectivity index (χ1n) is 11.6. The summed E-state index contributed by atoms with van der Waals surface area (Å²) in [5.74, 6) is 0.520. The maximum absolute atomic E-state index is 12.6. The molecule has 2 N–H and O–H groups in total. The van der Waals surface area contributed by atoms with E-state index in [4.69, 9.17) is 0 Å². The first-order chi connectivity index (χ1) is 16.5. The second-order valence-electron chi connectivity index (χ2n) is 8.61. The summed E-state index contributed by atoms with van der Waals surface area (Å²) < 4.78 is 1.05. The van der Waals surface area contributed by atoms with Gasteiger partial charge in [-0.2, -0.15) is 0 Å². The number of nitrogens with zero attached hydrogens (tertiary/aromatic N) is 2. The number of carbonyl (C=O) groups is 2. The summed E-state index contributed by atoms with van der Waals surface area (Å²) in [4.78, 5) is 31.9. The van der Waals surface area contributed by atoms with E-state index in [9.17, 15) is 9.59 Å². The molecule has 1 saturated heterocycles. The first kappa shape index (κ1) is 24.3. The van der Waals surface area contributed by atoms with Crippen LogP contribution in [0.25, 0.3) is 0 Å². The van der Waals surface area contributed by atoms with Gasteiger partial charge in [0.15, 0.2) is 0 Å². The van der Waals surface area contributed by atoms with Crippen molar-refractivity contribution in [3.8, 4) is 0 Å². The van der Waals surface area contributed by atoms with Crippen LogP contribution < -0.4 is 15.5 Å². The van der Waals surface area contributed by atoms with Crippen LogP contribution in [0.5, 0.6) is 0 Å². The fraction of sp³-hybridized carbons (Fsp3) is 0.346. The second-order valence-corrected chi connectivity index (χ2v) is 10.7. The van der Waals surface area contributed by atoms with Crippen molar-refractivity contribution in [3.63, 3.8) is 0 Å². The molecular weight excluding hydrogens is 464 g/mol. The molecule has 1 fully saturated rings. The maximum Gasteiger partial charge on any atom is 0.251 e. The van der Waals surface area contributed by atoms with E-state index in [2.05, 4.69) is 26.6 Å². The summed E-state index contributed by atoms with van der Waals surface area (Å²) in [6.07, 6.45) is 2.63. The second kappa shape index (κ2) is 11.5. The van der Waals surface area contributed by atoms with E-state index >= 15 is 0 Å². The monoisotopic (exact) mass is 494 g/mol. The van der Waals surface area contributed by atoms with Gasteiger partial charge >= 0.3 is 0 Å². The number of benzene rings is 2. The molecule has 1 unspecified atom stereocenters. The first-order valence-corrected chi connectivity index (χ1v) is 13.4. The lowest BCUT2D eigenvalue weighted by Crippen LogP contribution is -2.35. The lowest BCUT2D eigenvalue weighted by atomic mass is 10.1. The number of carbonyl (C=O) groups excluding carboxylic acids is 2. The maximum atomic E-state index is 12.6. The SMILES string of the molecule is Cc1csc(SCc2ccc(C(=O)NC(C)CC(=O)Nc3cccc(N4CCCC4)c3)cc2)n1. The summed E-state index contributed by atoms with van der Waals surface area (Å²) in [5.41, 5.74) is 4.69. The highest BCUT2D eigenvalue weighted by Crippen LogP contribution is 2.26. The van der Waals surface area contributed by atoms with E-state index in [-0.39, 0.29) is 24.3 Å². The van der Waals surface area contributed by atoms with E-state index in [0.717, 1.165) is 45.8 Å². The number of anilines is 2. The molecule has 2 aromatic carbocycles. The topological polar surface area (TPSA) is 74.3 Å². The Morgan fingerprint density at radius 2 is 1.91 bits per heavy atom. The summed E-state index contributed by atoms with van der Waals surface area (Å²) in [5, 5.41) is 7.93. The van der Waals surface area contributed by atoms with Gasteiger partial charge in [-0.25, -0.2) is 4.98 Å². The van der Waals surface area contributed by atoms with Gasteiger partial charge < -0.3 is 15.5 Å². The van der Waals surface area contributed by atoms with Crippen LogP contribution in [0.2, 0.25) is 0 Å². The molecule has 0 spiro atoms. The predicted octanol–water partition coefficient (Wildman–Crippen LogP) is 5.49. The number of amides is 2. The van der Waals surface area contributed by atoms with Crippen molar-refractivity contribution in [2.24, 2.45) is 0 Å². The van der Waals surface area contributed by atoms with E-state index in [1.807, 2.05) is 61.7 Å². The Morgan fingerprint density at radius 3 is 2.62 bits per heavy atom. The molecule has 0 radical (unpaired) electrons. The van der Waals surface area contributed by atoms with Crippen molar-refractivity contribution in [1.29, 1.82) is 0 Å². The van der Waals surface area contributed by atoms with E-state index in [1.54, 1.807) is 23.1 Å². The fourth-order valence-corrected chi connectivity index (χ4v) is 5.71. The molecule has 178 valence electrons. The summed E-state index contributed by atoms with van der Waals surface area (Å²) in [6, 6.07) is 15.3. The van der Waals surface area contributed by atoms with Crippen molar-refractivity contribution in [3.05, 3.63) is 70.7 Å². The number of hydrogen-bond acceptors (Lipinski definition) is 6. The Balaban J connectivity index is 1.23. The standard InChI is InChI=1S/C26H30N4O2S2/c1-18(14-24(31)29-22-6-5-7-23(15-22)30-12-3-4-13-30)27-25(32)21-10-8-20(9-11-21)17-34-26-28-19(2)16-33-26/h5-11,15-16,18H,3-4,12-14,17H2,1-2H3,(H,27,32)(H,29,31). The van der Waals surface area contributed by atoms with E-state index in [1.165, 1.54) is 12.8 Å². The molecular formula is C26H30N4O2S2. The molecule has 2 heterocycles. The zero-order chi connectivity index (χ0) is 23.9. The fourth-order valence-electron chi connectivity index (χ4n) is 3.90. The van der Waals surface area contributed by atoms with Crippen molar-refractivity contribution in [1.82, 2.24) is 10.3 Å². The number of nitrogens with one attached hydrogen (secondary N) is 2. The van der Waals surface area contributed by atoms with Gasteiger partial charge in [-0.3, -0.25) is 9.59 Å². The van der Waals surface area contributed by atoms with Gasteiger partial charge in [0.2, 0.25) is 5.91 Å². The number of hydrogen-bond donors (Lipinski definition) is 2. The zero-order valence-corrected chi connectivity index (χ0v) is 21.2. The minimum Gasteiger partial charge on any atom is -0.371 e. The Morgan fingerprint density at radius 1 is 1.15 bits per heavy atom. The number of thioether (sulfide) groups is 1. The quantitative estimate of drug-likeness (QED) is 0.385. The van der Waals surface area contributed by atoms with Crippen LogP contribution >= 0.6 is 23.1 Å². The van der Waals surface area contributed by atoms with Crippen LogP contribution in [0, 0.1) is 6.92 Å². The molecule has 0 bridgehead atoms. The molecule has 8 heteroatoms. The van der Waals surface area contributed by atoms with Crippen LogP contribution in [0.4, 0.5) is 11.4 Å². The molecule has 1 aromatic heterocycles. The van der Waals surface area contributed by atoms with Crippen molar-refractivity contribution in [2.45, 2.75) is 49.2 Å². The van der Waals surface area contributed by atoms with Gasteiger partial charge in [-0.05, 0) is 62.6 Å². The van der Waals surface area contributed by atoms with Gasteiger partial charge in [0, 0.05) is 59.3 Å². The minimum atomic E-state index is -0.280. The highest BCUT2D eigenvalue weighted by Gasteiger charge is 2.15. The van der Waals surface area contributed by atoms with E-state index in [0.29, 0.717) is 5.56 Å². The Bertz CT molecular complexity index is 1120. The predicted molar refractivity (Wildman–Crippen MR) is 141 cm³/mol. The Labute approximate surface area is 209 Å². The lowest BCUT2D eigenvalue weighted by Gasteiger charge is -2.19. The Hall–Kier alpha value is -2.84. The molecule has 6 nitrogen and oxygen atoms in total. The van der Waals surface area contributed by atoms with Crippen LogP contribution in [0.1, 0.15) is 47.8 Å². The van der Waals surface area contributed by atoms with Gasteiger partial charge in [0.1, 0.15) is 4.34 Å². The molecule has 0 saturated carbocycles. The van der Waals surface area contributed by atoms with Gasteiger partial charge in [-0.15, -0.1) is 11.3 Å². The van der Waals surface area contributed by atoms with Crippen molar-refractivity contribution in [2.75, 3.05) is 23.3 Å². The highest BCUT2D eigenvalue weighted by atomic mass is 32.2. The molecule has 0 aliphatic carbocycles. The lowest BCUT2D eigenvalue weighted by molar-refractivity contribution is -0.116. The largest absolute Gasteiger partial charge is 0.371 e. The van der Waals surface area contributed by atoms with Gasteiger partial charge in [0.25, 0.3) is 5.91 Å². The molecule has 1 aliphatic rings. The molecule has 1 atom stereocenters. The molecule has 34 heavy (non-hydrogen) atoms. The molecule has 2 amide bonds. The third-order valence-electron chi connectivity index (χ3n) is 5.65. The number of thiazole rings is 1. The van der Waals surface area contributed by atoms with Crippen LogP contribution in [0.3, 0.4) is 0 Å². The molecule has 1 aliphatic heterocycles. The summed E-state index contributed by atoms with van der Waals surface area (Å²) >= 11 is 3.34. The third-order valence-corrected chi connectivity index (χ3v) is 7.86. The van der Waals surface area contributed by atoms with Crippen LogP contribution in [-0.4, -0.2) is 35.9 Å². The van der Waals surface area contributed by atoms with Crippen LogP contribution in [-0.2, 0) is 10.5 Å². The molecule has 3 aromatic rings. The number of rotatable bonds is 9. The smallest absolute Gasteiger partial charge is 0.251 e. The Kier molecular flexibility index (Phi) is 8.24. The average molecular weight is 495 g/mol. The summed E-state index contributed by atoms with van der Waals surface area (Å²) in [6.45, 7) is 5.96. The normalized spacial score (nSPS) is 14.1. The third kappa shape index (κ3) is 6.84. The van der Waals surface area contributed by atoms with Crippen molar-refractivity contribution >= 4 is 46.3 Å². The highest BCUT2D eigenvalue weighted by molar-refractivity contribution is 8.00. The zero-order valence-electron chi connectivity index (χ0n) is 19.5. The van der Waals surface area contributed by atoms with E-state index < -0.39 is 0 Å².